The van der Waals surface area contributed by atoms with E-state index in [9.17, 15) is 28.1 Å². The highest BCUT2D eigenvalue weighted by molar-refractivity contribution is 7.89. The quantitative estimate of drug-likeness (QED) is 0.538. The number of piperidine rings is 1. The first-order valence-corrected chi connectivity index (χ1v) is 9.34. The van der Waals surface area contributed by atoms with E-state index in [-0.39, 0.29) is 23.7 Å². The maximum absolute atomic E-state index is 12.7. The lowest BCUT2D eigenvalue weighted by Crippen LogP contribution is -2.48. The monoisotopic (exact) mass is 385 g/mol. The van der Waals surface area contributed by atoms with Crippen LogP contribution in [0.2, 0.25) is 0 Å². The number of nitrogens with zero attached hydrogens (tertiary/aromatic N) is 2. The minimum Gasteiger partial charge on any atom is -0.480 e. The Morgan fingerprint density at radius 1 is 1.35 bits per heavy atom. The number of carbonyl (C=O) groups excluding carboxylic acids is 1. The average molecular weight is 385 g/mol. The number of amides is 1. The van der Waals surface area contributed by atoms with Crippen LogP contribution >= 0.6 is 0 Å². The second-order valence-electron chi connectivity index (χ2n) is 6.02. The highest BCUT2D eigenvalue weighted by Gasteiger charge is 2.34. The van der Waals surface area contributed by atoms with Crippen LogP contribution < -0.4 is 5.32 Å². The van der Waals surface area contributed by atoms with Crippen molar-refractivity contribution in [3.63, 3.8) is 0 Å². The molecule has 0 spiro atoms. The van der Waals surface area contributed by atoms with Gasteiger partial charge in [-0.3, -0.25) is 19.7 Å². The summed E-state index contributed by atoms with van der Waals surface area (Å²) in [5, 5.41) is 21.9. The van der Waals surface area contributed by atoms with Crippen molar-refractivity contribution in [1.82, 2.24) is 9.62 Å². The van der Waals surface area contributed by atoms with E-state index in [0.29, 0.717) is 12.8 Å². The average Bonchev–Trinajstić information content (AvgIpc) is 2.61. The number of carboxylic acid groups (broad SMARTS) is 1. The molecule has 0 aromatic heterocycles. The van der Waals surface area contributed by atoms with Gasteiger partial charge in [-0.05, 0) is 31.9 Å². The highest BCUT2D eigenvalue weighted by atomic mass is 32.2. The largest absolute Gasteiger partial charge is 0.480 e. The van der Waals surface area contributed by atoms with E-state index in [2.05, 4.69) is 5.32 Å². The van der Waals surface area contributed by atoms with Crippen molar-refractivity contribution < 1.29 is 28.0 Å². The smallest absolute Gasteiger partial charge is 0.325 e. The van der Waals surface area contributed by atoms with Crippen molar-refractivity contribution in [2.24, 2.45) is 5.92 Å². The van der Waals surface area contributed by atoms with Gasteiger partial charge < -0.3 is 10.4 Å². The number of benzene rings is 1. The molecule has 1 amide bonds. The third-order valence-corrected chi connectivity index (χ3v) is 6.05. The number of aliphatic carboxylic acids is 1. The maximum Gasteiger partial charge on any atom is 0.325 e. The third kappa shape index (κ3) is 4.35. The molecular weight excluding hydrogens is 366 g/mol. The van der Waals surface area contributed by atoms with E-state index in [1.54, 1.807) is 0 Å². The molecule has 11 heteroatoms. The molecule has 1 unspecified atom stereocenters. The van der Waals surface area contributed by atoms with Crippen LogP contribution in [-0.2, 0) is 19.6 Å². The first kappa shape index (κ1) is 19.8. The predicted molar refractivity (Wildman–Crippen MR) is 89.8 cm³/mol. The van der Waals surface area contributed by atoms with Gasteiger partial charge >= 0.3 is 5.97 Å². The lowest BCUT2D eigenvalue weighted by atomic mass is 9.98. The van der Waals surface area contributed by atoms with Crippen molar-refractivity contribution in [1.29, 1.82) is 0 Å². The molecule has 0 radical (unpaired) electrons. The lowest BCUT2D eigenvalue weighted by Gasteiger charge is -2.31. The molecular formula is C15H19N3O7S. The fraction of sp³-hybridized carbons (Fsp3) is 0.467. The van der Waals surface area contributed by atoms with Gasteiger partial charge in [-0.15, -0.1) is 0 Å². The number of nitro groups is 1. The molecule has 1 aliphatic rings. The zero-order chi connectivity index (χ0) is 19.5. The Morgan fingerprint density at radius 3 is 2.50 bits per heavy atom. The molecule has 0 saturated carbocycles. The van der Waals surface area contributed by atoms with Gasteiger partial charge in [0.15, 0.2) is 0 Å². The molecule has 142 valence electrons. The summed E-state index contributed by atoms with van der Waals surface area (Å²) >= 11 is 0. The fourth-order valence-electron chi connectivity index (χ4n) is 2.66. The Kier molecular flexibility index (Phi) is 5.93. The van der Waals surface area contributed by atoms with Crippen LogP contribution in [0, 0.1) is 16.0 Å². The minimum absolute atomic E-state index is 0.0719. The van der Waals surface area contributed by atoms with E-state index in [0.717, 1.165) is 28.6 Å². The summed E-state index contributed by atoms with van der Waals surface area (Å²) in [5.41, 5.74) is -0.220. The second kappa shape index (κ2) is 7.79. The Balaban J connectivity index is 2.13. The summed E-state index contributed by atoms with van der Waals surface area (Å²) in [6.07, 6.45) is 0.899. The number of sulfonamides is 1. The second-order valence-corrected chi connectivity index (χ2v) is 7.96. The number of rotatable bonds is 6. The van der Waals surface area contributed by atoms with Crippen LogP contribution in [0.4, 0.5) is 5.69 Å². The zero-order valence-electron chi connectivity index (χ0n) is 14.0. The van der Waals surface area contributed by atoms with Gasteiger partial charge in [0.2, 0.25) is 15.9 Å². The van der Waals surface area contributed by atoms with Gasteiger partial charge in [0, 0.05) is 25.2 Å². The molecule has 0 aliphatic carbocycles. The Bertz CT molecular complexity index is 807. The van der Waals surface area contributed by atoms with Crippen LogP contribution in [-0.4, -0.2) is 53.8 Å². The van der Waals surface area contributed by atoms with Crippen LogP contribution in [0.25, 0.3) is 0 Å². The highest BCUT2D eigenvalue weighted by Crippen LogP contribution is 2.25. The molecule has 1 aromatic rings. The molecule has 1 aliphatic heterocycles. The first-order chi connectivity index (χ1) is 12.1. The van der Waals surface area contributed by atoms with Gasteiger partial charge in [-0.25, -0.2) is 8.42 Å². The fourth-order valence-corrected chi connectivity index (χ4v) is 4.18. The standard InChI is InChI=1S/C15H19N3O7S/c1-10(15(20)21)16-14(19)11-3-2-8-17(9-11)26(24,25)13-6-4-12(5-7-13)18(22)23/h4-7,10-11H,2-3,8-9H2,1H3,(H,16,19)(H,20,21)/t10-,11?/m1/s1. The minimum atomic E-state index is -3.90. The Labute approximate surface area is 150 Å². The van der Waals surface area contributed by atoms with Crippen molar-refractivity contribution >= 4 is 27.6 Å². The first-order valence-electron chi connectivity index (χ1n) is 7.90. The molecule has 1 fully saturated rings. The van der Waals surface area contributed by atoms with Gasteiger partial charge in [-0.2, -0.15) is 4.31 Å². The zero-order valence-corrected chi connectivity index (χ0v) is 14.8. The van der Waals surface area contributed by atoms with Crippen molar-refractivity contribution in [3.05, 3.63) is 34.4 Å². The van der Waals surface area contributed by atoms with Crippen LogP contribution in [0.5, 0.6) is 0 Å². The van der Waals surface area contributed by atoms with Gasteiger partial charge in [0.1, 0.15) is 6.04 Å². The van der Waals surface area contributed by atoms with E-state index >= 15 is 0 Å². The number of hydrogen-bond acceptors (Lipinski definition) is 6. The molecule has 0 bridgehead atoms. The van der Waals surface area contributed by atoms with E-state index in [1.165, 1.54) is 6.92 Å². The predicted octanol–water partition coefficient (Wildman–Crippen LogP) is 0.585. The topological polar surface area (TPSA) is 147 Å². The SMILES string of the molecule is C[C@@H](NC(=O)C1CCCN(S(=O)(=O)c2ccc([N+](=O)[O-])cc2)C1)C(=O)O. The van der Waals surface area contributed by atoms with Crippen molar-refractivity contribution in [3.8, 4) is 0 Å². The molecule has 26 heavy (non-hydrogen) atoms. The Hall–Kier alpha value is -2.53. The summed E-state index contributed by atoms with van der Waals surface area (Å²) in [6.45, 7) is 1.48. The normalized spacial score (nSPS) is 19.5. The third-order valence-electron chi connectivity index (χ3n) is 4.17. The summed E-state index contributed by atoms with van der Waals surface area (Å²) in [4.78, 5) is 33.0. The number of carboxylic acids is 1. The summed E-state index contributed by atoms with van der Waals surface area (Å²) < 4.78 is 26.5. The van der Waals surface area contributed by atoms with Crippen LogP contribution in [0.3, 0.4) is 0 Å². The summed E-state index contributed by atoms with van der Waals surface area (Å²) in [6, 6.07) is 3.46. The number of hydrogen-bond donors (Lipinski definition) is 2. The molecule has 2 N–H and O–H groups in total. The molecule has 2 atom stereocenters. The van der Waals surface area contributed by atoms with Gasteiger partial charge in [0.05, 0.1) is 15.7 Å². The van der Waals surface area contributed by atoms with E-state index in [1.807, 2.05) is 0 Å². The summed E-state index contributed by atoms with van der Waals surface area (Å²) in [5.74, 6) is -2.34. The van der Waals surface area contributed by atoms with Crippen molar-refractivity contribution in [2.75, 3.05) is 13.1 Å². The maximum atomic E-state index is 12.7. The van der Waals surface area contributed by atoms with Crippen molar-refractivity contribution in [2.45, 2.75) is 30.7 Å². The molecule has 10 nitrogen and oxygen atoms in total. The molecule has 1 saturated heterocycles. The number of nitrogens with one attached hydrogen (secondary N) is 1. The molecule has 1 heterocycles. The van der Waals surface area contributed by atoms with Gasteiger partial charge in [-0.1, -0.05) is 0 Å². The van der Waals surface area contributed by atoms with E-state index in [4.69, 9.17) is 5.11 Å². The summed E-state index contributed by atoms with van der Waals surface area (Å²) in [7, 11) is -3.90. The van der Waals surface area contributed by atoms with Crippen LogP contribution in [0.15, 0.2) is 29.2 Å². The Morgan fingerprint density at radius 2 is 1.96 bits per heavy atom. The number of non-ortho nitro benzene ring substituents is 1. The number of carbonyl (C=O) groups is 2. The van der Waals surface area contributed by atoms with Crippen LogP contribution in [0.1, 0.15) is 19.8 Å². The molecule has 1 aromatic carbocycles. The molecule has 2 rings (SSSR count). The van der Waals surface area contributed by atoms with Gasteiger partial charge in [0.25, 0.3) is 5.69 Å². The number of nitro benzene ring substituents is 1. The lowest BCUT2D eigenvalue weighted by molar-refractivity contribution is -0.384. The van der Waals surface area contributed by atoms with E-state index < -0.39 is 38.8 Å².